The zero-order chi connectivity index (χ0) is 19.3. The Labute approximate surface area is 163 Å². The van der Waals surface area contributed by atoms with Crippen molar-refractivity contribution >= 4 is 16.7 Å². The van der Waals surface area contributed by atoms with Crippen LogP contribution in [0, 0.1) is 0 Å². The van der Waals surface area contributed by atoms with E-state index in [1.807, 2.05) is 54.6 Å². The van der Waals surface area contributed by atoms with Crippen LogP contribution < -0.4 is 0 Å². The van der Waals surface area contributed by atoms with Gasteiger partial charge in [-0.1, -0.05) is 68.2 Å². The number of unbranched alkanes of at least 4 members (excludes halogenated alkanes) is 6. The van der Waals surface area contributed by atoms with Crippen molar-refractivity contribution in [1.29, 1.82) is 0 Å². The summed E-state index contributed by atoms with van der Waals surface area (Å²) in [6.45, 7) is 7.56. The van der Waals surface area contributed by atoms with Crippen LogP contribution in [0.4, 0.5) is 0 Å². The maximum atomic E-state index is 12.5. The fraction of sp³-hybridized carbons (Fsp3) is 0.400. The van der Waals surface area contributed by atoms with Gasteiger partial charge in [-0.3, -0.25) is 0 Å². The highest BCUT2D eigenvalue weighted by molar-refractivity contribution is 5.95. The Morgan fingerprint density at radius 3 is 2.33 bits per heavy atom. The monoisotopic (exact) mass is 364 g/mol. The molecule has 0 bridgehead atoms. The summed E-state index contributed by atoms with van der Waals surface area (Å²) in [5.41, 5.74) is 0.616. The molecule has 144 valence electrons. The molecule has 1 unspecified atom stereocenters. The Kier molecular flexibility index (Phi) is 9.40. The Morgan fingerprint density at radius 2 is 1.59 bits per heavy atom. The van der Waals surface area contributed by atoms with Crippen LogP contribution in [0.25, 0.3) is 10.8 Å². The second kappa shape index (κ2) is 12.1. The molecule has 2 rings (SSSR count). The molecule has 2 heteroatoms. The third kappa shape index (κ3) is 7.42. The summed E-state index contributed by atoms with van der Waals surface area (Å²) >= 11 is 0. The number of carbonyl (C=O) groups is 1. The van der Waals surface area contributed by atoms with E-state index < -0.39 is 0 Å². The van der Waals surface area contributed by atoms with Crippen molar-refractivity contribution < 1.29 is 9.53 Å². The molecule has 0 spiro atoms. The molecule has 27 heavy (non-hydrogen) atoms. The third-order valence-corrected chi connectivity index (χ3v) is 4.87. The van der Waals surface area contributed by atoms with Gasteiger partial charge in [0, 0.05) is 6.42 Å². The van der Waals surface area contributed by atoms with Crippen LogP contribution in [0.3, 0.4) is 0 Å². The van der Waals surface area contributed by atoms with E-state index in [4.69, 9.17) is 4.74 Å². The van der Waals surface area contributed by atoms with Gasteiger partial charge in [-0.2, -0.15) is 0 Å². The summed E-state index contributed by atoms with van der Waals surface area (Å²) in [7, 11) is 0. The molecule has 0 N–H and O–H groups in total. The Morgan fingerprint density at radius 1 is 0.889 bits per heavy atom. The lowest BCUT2D eigenvalue weighted by atomic mass is 10.0. The second-order valence-corrected chi connectivity index (χ2v) is 7.10. The highest BCUT2D eigenvalue weighted by Crippen LogP contribution is 2.19. The molecule has 0 aliphatic rings. The fourth-order valence-electron chi connectivity index (χ4n) is 3.31. The van der Waals surface area contributed by atoms with E-state index in [0.717, 1.165) is 30.0 Å². The lowest BCUT2D eigenvalue weighted by Crippen LogP contribution is -2.18. The lowest BCUT2D eigenvalue weighted by molar-refractivity contribution is 0.0283. The normalized spacial score (nSPS) is 11.9. The summed E-state index contributed by atoms with van der Waals surface area (Å²) < 4.78 is 5.76. The summed E-state index contributed by atoms with van der Waals surface area (Å²) in [4.78, 5) is 12.5. The lowest BCUT2D eigenvalue weighted by Gasteiger charge is -2.16. The Balaban J connectivity index is 1.78. The first kappa shape index (κ1) is 21.0. The van der Waals surface area contributed by atoms with Gasteiger partial charge < -0.3 is 4.74 Å². The number of carbonyl (C=O) groups excluding carboxylic acids is 1. The summed E-state index contributed by atoms with van der Waals surface area (Å²) in [5.74, 6) is -0.239. The van der Waals surface area contributed by atoms with Crippen LogP contribution in [-0.2, 0) is 4.74 Å². The van der Waals surface area contributed by atoms with Crippen molar-refractivity contribution in [3.8, 4) is 0 Å². The van der Waals surface area contributed by atoms with Crippen molar-refractivity contribution in [3.63, 3.8) is 0 Å². The average Bonchev–Trinajstić information content (AvgIpc) is 2.69. The molecule has 0 radical (unpaired) electrons. The van der Waals surface area contributed by atoms with Crippen LogP contribution in [0.2, 0.25) is 0 Å². The fourth-order valence-corrected chi connectivity index (χ4v) is 3.31. The molecule has 0 amide bonds. The number of rotatable bonds is 13. The van der Waals surface area contributed by atoms with E-state index >= 15 is 0 Å². The van der Waals surface area contributed by atoms with Gasteiger partial charge in [0.2, 0.25) is 0 Å². The van der Waals surface area contributed by atoms with Crippen LogP contribution >= 0.6 is 0 Å². The summed E-state index contributed by atoms with van der Waals surface area (Å²) in [6, 6.07) is 13.8. The molecule has 0 aromatic heterocycles. The molecule has 1 atom stereocenters. The average molecular weight is 365 g/mol. The number of hydrogen-bond donors (Lipinski definition) is 0. The predicted octanol–water partition coefficient (Wildman–Crippen LogP) is 7.25. The van der Waals surface area contributed by atoms with Crippen molar-refractivity contribution in [3.05, 3.63) is 73.3 Å². The van der Waals surface area contributed by atoms with Gasteiger partial charge in [0.1, 0.15) is 6.10 Å². The van der Waals surface area contributed by atoms with Crippen molar-refractivity contribution in [2.75, 3.05) is 0 Å². The van der Waals surface area contributed by atoms with Gasteiger partial charge in [0.05, 0.1) is 5.56 Å². The Bertz CT molecular complexity index is 732. The van der Waals surface area contributed by atoms with Crippen LogP contribution in [0.15, 0.2) is 67.8 Å². The minimum Gasteiger partial charge on any atom is -0.458 e. The first-order valence-corrected chi connectivity index (χ1v) is 10.2. The van der Waals surface area contributed by atoms with Gasteiger partial charge in [-0.25, -0.2) is 4.79 Å². The molecule has 0 fully saturated rings. The number of esters is 1. The van der Waals surface area contributed by atoms with Crippen LogP contribution in [0.5, 0.6) is 0 Å². The third-order valence-electron chi connectivity index (χ3n) is 4.87. The van der Waals surface area contributed by atoms with E-state index in [1.54, 1.807) is 0 Å². The summed E-state index contributed by atoms with van der Waals surface area (Å²) in [6.07, 6.45) is 13.8. The number of ether oxygens (including phenoxy) is 1. The van der Waals surface area contributed by atoms with Crippen molar-refractivity contribution in [2.24, 2.45) is 0 Å². The molecule has 0 aliphatic carbocycles. The Hall–Kier alpha value is -2.35. The molecule has 0 heterocycles. The zero-order valence-electron chi connectivity index (χ0n) is 16.4. The quantitative estimate of drug-likeness (QED) is 0.212. The number of allylic oxidation sites excluding steroid dienone is 1. The zero-order valence-corrected chi connectivity index (χ0v) is 16.4. The SMILES string of the molecule is C=CCCCCCCCCC(CC=C)OC(=O)c1ccc2ccccc2c1. The number of hydrogen-bond acceptors (Lipinski definition) is 2. The van der Waals surface area contributed by atoms with Gasteiger partial charge >= 0.3 is 5.97 Å². The standard InChI is InChI=1S/C25H32O2/c1-3-5-6-7-8-9-10-11-17-24(14-4-2)27-25(26)23-19-18-21-15-12-13-16-22(21)20-23/h3-4,12-13,15-16,18-20,24H,1-2,5-11,14,17H2. The molecule has 0 aliphatic heterocycles. The van der Waals surface area contributed by atoms with E-state index in [9.17, 15) is 4.79 Å². The van der Waals surface area contributed by atoms with E-state index in [1.165, 1.54) is 32.1 Å². The van der Waals surface area contributed by atoms with Gasteiger partial charge in [-0.05, 0) is 48.6 Å². The topological polar surface area (TPSA) is 26.3 Å². The molecular formula is C25H32O2. The first-order chi connectivity index (χ1) is 13.2. The maximum Gasteiger partial charge on any atom is 0.338 e. The summed E-state index contributed by atoms with van der Waals surface area (Å²) in [5, 5.41) is 2.19. The number of fused-ring (bicyclic) bond motifs is 1. The molecule has 0 saturated heterocycles. The molecule has 0 saturated carbocycles. The van der Waals surface area contributed by atoms with Crippen molar-refractivity contribution in [1.82, 2.24) is 0 Å². The van der Waals surface area contributed by atoms with E-state index in [2.05, 4.69) is 13.2 Å². The highest BCUT2D eigenvalue weighted by atomic mass is 16.5. The highest BCUT2D eigenvalue weighted by Gasteiger charge is 2.15. The molecule has 2 aromatic carbocycles. The van der Waals surface area contributed by atoms with Gasteiger partial charge in [0.25, 0.3) is 0 Å². The first-order valence-electron chi connectivity index (χ1n) is 10.2. The minimum atomic E-state index is -0.239. The van der Waals surface area contributed by atoms with Crippen LogP contribution in [0.1, 0.15) is 68.1 Å². The van der Waals surface area contributed by atoms with Gasteiger partial charge in [0.15, 0.2) is 0 Å². The number of benzene rings is 2. The molecule has 2 nitrogen and oxygen atoms in total. The molecular weight excluding hydrogens is 332 g/mol. The maximum absolute atomic E-state index is 12.5. The van der Waals surface area contributed by atoms with E-state index in [0.29, 0.717) is 12.0 Å². The smallest absolute Gasteiger partial charge is 0.338 e. The van der Waals surface area contributed by atoms with E-state index in [-0.39, 0.29) is 12.1 Å². The molecule has 2 aromatic rings. The van der Waals surface area contributed by atoms with Crippen molar-refractivity contribution in [2.45, 2.75) is 63.9 Å². The second-order valence-electron chi connectivity index (χ2n) is 7.10. The van der Waals surface area contributed by atoms with Crippen LogP contribution in [-0.4, -0.2) is 12.1 Å². The largest absolute Gasteiger partial charge is 0.458 e. The van der Waals surface area contributed by atoms with Gasteiger partial charge in [-0.15, -0.1) is 13.2 Å². The minimum absolute atomic E-state index is 0.0813. The predicted molar refractivity (Wildman–Crippen MR) is 115 cm³/mol.